The van der Waals surface area contributed by atoms with E-state index in [0.29, 0.717) is 5.56 Å². The number of Topliss-reactive ketones (excluding diaryl/α,β-unsaturated/α-hetero) is 1. The van der Waals surface area contributed by atoms with Crippen LogP contribution in [0.15, 0.2) is 58.4 Å². The number of hydrogen-bond acceptors (Lipinski definition) is 4. The number of ketones is 1. The molecule has 0 saturated heterocycles. The van der Waals surface area contributed by atoms with E-state index in [2.05, 4.69) is 15.6 Å². The zero-order valence-corrected chi connectivity index (χ0v) is 16.5. The molecule has 8 heteroatoms. The second-order valence-electron chi connectivity index (χ2n) is 6.68. The molecule has 0 atom stereocenters. The molecule has 8 nitrogen and oxygen atoms in total. The molecule has 2 N–H and O–H groups in total. The largest absolute Gasteiger partial charge is 0.432 e. The van der Waals surface area contributed by atoms with Crippen LogP contribution in [0.25, 0.3) is 0 Å². The molecule has 3 aromatic rings. The average molecular weight is 392 g/mol. The molecule has 0 fully saturated rings. The van der Waals surface area contributed by atoms with Gasteiger partial charge in [-0.2, -0.15) is 0 Å². The van der Waals surface area contributed by atoms with E-state index >= 15 is 0 Å². The highest BCUT2D eigenvalue weighted by Crippen LogP contribution is 2.04. The Hall–Kier alpha value is -3.81. The molecule has 1 amide bonds. The maximum Gasteiger partial charge on any atom is 0.432 e. The Morgan fingerprint density at radius 2 is 1.66 bits per heavy atom. The predicted octanol–water partition coefficient (Wildman–Crippen LogP) is 1.21. The van der Waals surface area contributed by atoms with Crippen molar-refractivity contribution in [3.8, 4) is 0 Å². The quantitative estimate of drug-likeness (QED) is 0.375. The molecular formula is C21H22N5O3+. The van der Waals surface area contributed by atoms with Gasteiger partial charge >= 0.3 is 17.2 Å². The van der Waals surface area contributed by atoms with Crippen LogP contribution in [0.1, 0.15) is 37.5 Å². The van der Waals surface area contributed by atoms with Crippen molar-refractivity contribution < 1.29 is 14.3 Å². The number of amides is 1. The first-order chi connectivity index (χ1) is 13.9. The van der Waals surface area contributed by atoms with Crippen molar-refractivity contribution in [1.82, 2.24) is 15.3 Å². The van der Waals surface area contributed by atoms with Crippen molar-refractivity contribution in [2.75, 3.05) is 7.05 Å². The second-order valence-corrected chi connectivity index (χ2v) is 6.68. The number of nitrogens with one attached hydrogen (secondary N) is 2. The third-order valence-corrected chi connectivity index (χ3v) is 4.40. The number of carbonyl (C=O) groups is 2. The molecule has 2 aromatic carbocycles. The number of carbonyl (C=O) groups excluding carboxylic acids is 2. The summed E-state index contributed by atoms with van der Waals surface area (Å²) in [6.07, 6.45) is 1.50. The topological polar surface area (TPSA) is 100 Å². The van der Waals surface area contributed by atoms with Crippen LogP contribution in [0.2, 0.25) is 0 Å². The lowest BCUT2D eigenvalue weighted by molar-refractivity contribution is -0.744. The van der Waals surface area contributed by atoms with Gasteiger partial charge < -0.3 is 5.32 Å². The molecule has 148 valence electrons. The SMILES string of the molecule is CNC(=O)c1c(=O)n(/N=C/c2ccc(C)cc2)[nH][n+]1CC(=O)c1ccc(C)cc1. The summed E-state index contributed by atoms with van der Waals surface area (Å²) >= 11 is 0. The van der Waals surface area contributed by atoms with Gasteiger partial charge in [0.25, 0.3) is 0 Å². The monoisotopic (exact) mass is 392 g/mol. The van der Waals surface area contributed by atoms with Crippen molar-refractivity contribution in [1.29, 1.82) is 0 Å². The zero-order chi connectivity index (χ0) is 21.0. The predicted molar refractivity (Wildman–Crippen MR) is 108 cm³/mol. The van der Waals surface area contributed by atoms with Crippen LogP contribution >= 0.6 is 0 Å². The van der Waals surface area contributed by atoms with Crippen molar-refractivity contribution in [2.45, 2.75) is 20.4 Å². The normalized spacial score (nSPS) is 11.0. The molecule has 1 heterocycles. The smallest absolute Gasteiger partial charge is 0.352 e. The van der Waals surface area contributed by atoms with E-state index in [0.717, 1.165) is 21.5 Å². The summed E-state index contributed by atoms with van der Waals surface area (Å²) < 4.78 is 1.20. The number of hydrogen-bond donors (Lipinski definition) is 2. The van der Waals surface area contributed by atoms with E-state index < -0.39 is 11.5 Å². The number of aromatic nitrogens is 3. The number of rotatable bonds is 6. The van der Waals surface area contributed by atoms with Crippen LogP contribution in [-0.4, -0.2) is 35.0 Å². The summed E-state index contributed by atoms with van der Waals surface area (Å²) in [6.45, 7) is 3.70. The Bertz CT molecular complexity index is 1120. The van der Waals surface area contributed by atoms with E-state index in [-0.39, 0.29) is 18.0 Å². The van der Waals surface area contributed by atoms with Crippen LogP contribution in [0.3, 0.4) is 0 Å². The van der Waals surface area contributed by atoms with Crippen molar-refractivity contribution in [3.05, 3.63) is 86.8 Å². The average Bonchev–Trinajstić information content (AvgIpc) is 3.02. The first-order valence-corrected chi connectivity index (χ1v) is 9.07. The lowest BCUT2D eigenvalue weighted by Crippen LogP contribution is -2.48. The minimum Gasteiger partial charge on any atom is -0.352 e. The fraction of sp³-hybridized carbons (Fsp3) is 0.190. The maximum atomic E-state index is 12.7. The van der Waals surface area contributed by atoms with E-state index in [1.807, 2.05) is 50.2 Å². The van der Waals surface area contributed by atoms with Gasteiger partial charge in [0.05, 0.1) is 6.21 Å². The highest BCUT2D eigenvalue weighted by Gasteiger charge is 2.29. The minimum absolute atomic E-state index is 0.200. The molecule has 0 bridgehead atoms. The van der Waals surface area contributed by atoms with Gasteiger partial charge in [0.2, 0.25) is 5.78 Å². The molecular weight excluding hydrogens is 370 g/mol. The highest BCUT2D eigenvalue weighted by atomic mass is 16.2. The van der Waals surface area contributed by atoms with Crippen molar-refractivity contribution >= 4 is 17.9 Å². The molecule has 0 aliphatic heterocycles. The summed E-state index contributed by atoms with van der Waals surface area (Å²) in [4.78, 5) is 38.4. The number of aryl methyl sites for hydroxylation is 2. The van der Waals surface area contributed by atoms with E-state index in [1.54, 1.807) is 12.1 Å². The van der Waals surface area contributed by atoms with Gasteiger partial charge in [-0.05, 0) is 19.4 Å². The van der Waals surface area contributed by atoms with Gasteiger partial charge in [-0.15, -0.1) is 4.68 Å². The van der Waals surface area contributed by atoms with Crippen molar-refractivity contribution in [2.24, 2.45) is 5.10 Å². The number of aromatic amines is 1. The second kappa shape index (κ2) is 8.47. The molecule has 0 saturated carbocycles. The van der Waals surface area contributed by atoms with E-state index in [1.165, 1.54) is 17.9 Å². The van der Waals surface area contributed by atoms with Crippen LogP contribution in [0.5, 0.6) is 0 Å². The van der Waals surface area contributed by atoms with Crippen LogP contribution in [0, 0.1) is 13.8 Å². The van der Waals surface area contributed by atoms with Gasteiger partial charge in [0, 0.05) is 17.4 Å². The highest BCUT2D eigenvalue weighted by molar-refractivity contribution is 5.95. The first-order valence-electron chi connectivity index (χ1n) is 9.07. The van der Waals surface area contributed by atoms with Gasteiger partial charge in [-0.3, -0.25) is 9.59 Å². The zero-order valence-electron chi connectivity index (χ0n) is 16.5. The summed E-state index contributed by atoms with van der Waals surface area (Å²) in [6, 6.07) is 14.7. The third kappa shape index (κ3) is 4.55. The molecule has 0 unspecified atom stereocenters. The summed E-state index contributed by atoms with van der Waals surface area (Å²) in [7, 11) is 1.42. The summed E-state index contributed by atoms with van der Waals surface area (Å²) in [5.41, 5.74) is 2.57. The molecule has 0 spiro atoms. The Kier molecular flexibility index (Phi) is 5.82. The van der Waals surface area contributed by atoms with Crippen LogP contribution < -0.4 is 15.6 Å². The molecule has 1 aromatic heterocycles. The fourth-order valence-corrected chi connectivity index (χ4v) is 2.71. The lowest BCUT2D eigenvalue weighted by Gasteiger charge is -2.00. The Balaban J connectivity index is 1.93. The van der Waals surface area contributed by atoms with Crippen LogP contribution in [-0.2, 0) is 6.54 Å². The minimum atomic E-state index is -0.649. The number of H-pyrrole nitrogens is 1. The maximum absolute atomic E-state index is 12.7. The molecule has 3 rings (SSSR count). The number of nitrogens with zero attached hydrogens (tertiary/aromatic N) is 3. The standard InChI is InChI=1S/C21H21N5O3/c1-14-4-8-16(9-5-14)12-23-26-21(29)19(20(28)22-3)25(24-26)13-18(27)17-10-6-15(2)7-11-17/h4-12H,13H2,1-3H3,(H-,22,24,28,29)/p+1/b23-12+. The first kappa shape index (κ1) is 19.9. The van der Waals surface area contributed by atoms with Gasteiger partial charge in [0.15, 0.2) is 6.54 Å². The number of benzene rings is 2. The van der Waals surface area contributed by atoms with Gasteiger partial charge in [-0.1, -0.05) is 70.0 Å². The third-order valence-electron chi connectivity index (χ3n) is 4.40. The van der Waals surface area contributed by atoms with Crippen molar-refractivity contribution in [3.63, 3.8) is 0 Å². The van der Waals surface area contributed by atoms with Crippen LogP contribution in [0.4, 0.5) is 0 Å². The molecule has 29 heavy (non-hydrogen) atoms. The fourth-order valence-electron chi connectivity index (χ4n) is 2.71. The Morgan fingerprint density at radius 3 is 2.24 bits per heavy atom. The van der Waals surface area contributed by atoms with Gasteiger partial charge in [0.1, 0.15) is 0 Å². The summed E-state index contributed by atoms with van der Waals surface area (Å²) in [5, 5.41) is 9.23. The Labute approximate surface area is 167 Å². The van der Waals surface area contributed by atoms with Gasteiger partial charge in [-0.25, -0.2) is 4.79 Å². The lowest BCUT2D eigenvalue weighted by atomic mass is 10.1. The molecule has 0 aliphatic carbocycles. The summed E-state index contributed by atoms with van der Waals surface area (Å²) in [5.74, 6) is -0.844. The Morgan fingerprint density at radius 1 is 1.07 bits per heavy atom. The van der Waals surface area contributed by atoms with E-state index in [9.17, 15) is 14.4 Å². The molecule has 0 radical (unpaired) electrons. The van der Waals surface area contributed by atoms with E-state index in [4.69, 9.17) is 0 Å². The molecule has 0 aliphatic rings.